The molecule has 8 nitrogen and oxygen atoms in total. The molecule has 0 radical (unpaired) electrons. The van der Waals surface area contributed by atoms with E-state index in [1.807, 2.05) is 31.2 Å². The molecule has 1 aromatic heterocycles. The molecule has 2 fully saturated rings. The Labute approximate surface area is 202 Å². The molecule has 0 spiro atoms. The number of aldehydes is 1. The summed E-state index contributed by atoms with van der Waals surface area (Å²) in [4.78, 5) is 49.8. The number of aromatic nitrogens is 1. The lowest BCUT2D eigenvalue weighted by Crippen LogP contribution is -2.44. The average Bonchev–Trinajstić information content (AvgIpc) is 3.45. The second-order valence-corrected chi connectivity index (χ2v) is 9.31. The van der Waals surface area contributed by atoms with Crippen LogP contribution < -0.4 is 16.0 Å². The number of rotatable bonds is 7. The Morgan fingerprint density at radius 2 is 1.91 bits per heavy atom. The molecular formula is C25H32F2N4O4. The highest BCUT2D eigenvalue weighted by atomic mass is 19.3. The summed E-state index contributed by atoms with van der Waals surface area (Å²) < 4.78 is 24.8. The maximum atomic E-state index is 12.4. The predicted octanol–water partition coefficient (Wildman–Crippen LogP) is 2.94. The van der Waals surface area contributed by atoms with Crippen molar-refractivity contribution in [3.63, 3.8) is 0 Å². The third-order valence-corrected chi connectivity index (χ3v) is 6.40. The molecule has 2 atom stereocenters. The molecule has 1 saturated carbocycles. The SMILES string of the molecule is CC1CCC(F)(F)CC1.O=CC(CC1CCNC1=O)NC(=O)CNC(=O)c1cc2ccccc2[nH]1. The number of alkyl halides is 2. The van der Waals surface area contributed by atoms with Crippen LogP contribution in [0.5, 0.6) is 0 Å². The molecule has 1 aromatic carbocycles. The van der Waals surface area contributed by atoms with Crippen LogP contribution in [0, 0.1) is 11.8 Å². The van der Waals surface area contributed by atoms with E-state index in [0.717, 1.165) is 10.9 Å². The minimum atomic E-state index is -2.34. The van der Waals surface area contributed by atoms with Gasteiger partial charge in [-0.1, -0.05) is 25.1 Å². The number of benzene rings is 1. The van der Waals surface area contributed by atoms with Crippen molar-refractivity contribution >= 4 is 34.9 Å². The Bertz CT molecular complexity index is 1010. The van der Waals surface area contributed by atoms with Crippen molar-refractivity contribution in [2.45, 2.75) is 57.4 Å². The van der Waals surface area contributed by atoms with Crippen molar-refractivity contribution in [1.82, 2.24) is 20.9 Å². The Morgan fingerprint density at radius 1 is 1.20 bits per heavy atom. The first-order chi connectivity index (χ1) is 16.7. The van der Waals surface area contributed by atoms with Gasteiger partial charge in [0, 0.05) is 36.2 Å². The van der Waals surface area contributed by atoms with Gasteiger partial charge in [0.1, 0.15) is 12.0 Å². The molecule has 0 bridgehead atoms. The van der Waals surface area contributed by atoms with E-state index in [-0.39, 0.29) is 37.6 Å². The predicted molar refractivity (Wildman–Crippen MR) is 127 cm³/mol. The van der Waals surface area contributed by atoms with Gasteiger partial charge in [0.05, 0.1) is 12.6 Å². The van der Waals surface area contributed by atoms with E-state index in [9.17, 15) is 28.0 Å². The number of amides is 3. The van der Waals surface area contributed by atoms with Gasteiger partial charge >= 0.3 is 0 Å². The van der Waals surface area contributed by atoms with E-state index >= 15 is 0 Å². The van der Waals surface area contributed by atoms with Crippen molar-refractivity contribution < 1.29 is 28.0 Å². The van der Waals surface area contributed by atoms with Gasteiger partial charge in [0.2, 0.25) is 17.7 Å². The van der Waals surface area contributed by atoms with E-state index in [2.05, 4.69) is 20.9 Å². The summed E-state index contributed by atoms with van der Waals surface area (Å²) in [5, 5.41) is 8.64. The van der Waals surface area contributed by atoms with Gasteiger partial charge in [-0.05, 0) is 43.7 Å². The van der Waals surface area contributed by atoms with Gasteiger partial charge < -0.3 is 25.7 Å². The molecule has 1 aliphatic heterocycles. The smallest absolute Gasteiger partial charge is 0.268 e. The standard InChI is InChI=1S/C18H20N4O4.C7H12F2/c23-10-13(7-12-5-6-19-17(12)25)21-16(24)9-20-18(26)15-8-11-3-1-2-4-14(11)22-15;1-6-2-4-7(8,9)5-3-6/h1-4,8,10,12-13,22H,5-7,9H2,(H,19,25)(H,20,26)(H,21,24);6H,2-5H2,1H3. The average molecular weight is 491 g/mol. The van der Waals surface area contributed by atoms with Crippen molar-refractivity contribution in [2.24, 2.45) is 11.8 Å². The van der Waals surface area contributed by atoms with Crippen LogP contribution in [-0.2, 0) is 14.4 Å². The Balaban J connectivity index is 0.000000320. The normalized spacial score (nSPS) is 20.3. The minimum Gasteiger partial charge on any atom is -0.356 e. The van der Waals surface area contributed by atoms with Crippen molar-refractivity contribution in [1.29, 1.82) is 0 Å². The van der Waals surface area contributed by atoms with Gasteiger partial charge in [-0.2, -0.15) is 0 Å². The molecule has 2 aliphatic rings. The van der Waals surface area contributed by atoms with Crippen LogP contribution >= 0.6 is 0 Å². The van der Waals surface area contributed by atoms with Gasteiger partial charge in [-0.25, -0.2) is 8.78 Å². The summed E-state index contributed by atoms with van der Waals surface area (Å²) in [5.74, 6) is -3.08. The van der Waals surface area contributed by atoms with E-state index in [4.69, 9.17) is 0 Å². The fourth-order valence-corrected chi connectivity index (χ4v) is 4.22. The lowest BCUT2D eigenvalue weighted by atomic mass is 9.88. The van der Waals surface area contributed by atoms with Crippen molar-refractivity contribution in [3.05, 3.63) is 36.0 Å². The highest BCUT2D eigenvalue weighted by Crippen LogP contribution is 2.35. The fourth-order valence-electron chi connectivity index (χ4n) is 4.22. The van der Waals surface area contributed by atoms with E-state index in [1.54, 1.807) is 6.07 Å². The van der Waals surface area contributed by atoms with Crippen LogP contribution in [0.2, 0.25) is 0 Å². The van der Waals surface area contributed by atoms with Crippen LogP contribution in [0.15, 0.2) is 30.3 Å². The monoisotopic (exact) mass is 490 g/mol. The second kappa shape index (κ2) is 11.9. The zero-order chi connectivity index (χ0) is 25.4. The number of hydrogen-bond acceptors (Lipinski definition) is 4. The molecule has 1 saturated heterocycles. The number of aromatic amines is 1. The van der Waals surface area contributed by atoms with Gasteiger partial charge in [0.15, 0.2) is 0 Å². The number of carbonyl (C=O) groups excluding carboxylic acids is 4. The summed E-state index contributed by atoms with van der Waals surface area (Å²) in [6, 6.07) is 8.42. The first-order valence-electron chi connectivity index (χ1n) is 11.9. The summed E-state index contributed by atoms with van der Waals surface area (Å²) in [7, 11) is 0. The molecule has 2 unspecified atom stereocenters. The van der Waals surface area contributed by atoms with Crippen LogP contribution in [0.1, 0.15) is 55.9 Å². The maximum absolute atomic E-state index is 12.4. The summed E-state index contributed by atoms with van der Waals surface area (Å²) in [6.07, 6.45) is 3.14. The van der Waals surface area contributed by atoms with Crippen molar-refractivity contribution in [2.75, 3.05) is 13.1 Å². The molecule has 2 aromatic rings. The number of carbonyl (C=O) groups is 4. The quantitative estimate of drug-likeness (QED) is 0.446. The summed E-state index contributed by atoms with van der Waals surface area (Å²) in [5.41, 5.74) is 1.19. The Kier molecular flexibility index (Phi) is 8.95. The van der Waals surface area contributed by atoms with E-state index < -0.39 is 23.8 Å². The number of hydrogen-bond donors (Lipinski definition) is 4. The fraction of sp³-hybridized carbons (Fsp3) is 0.520. The second-order valence-electron chi connectivity index (χ2n) is 9.31. The maximum Gasteiger partial charge on any atom is 0.268 e. The molecule has 3 amide bonds. The molecule has 35 heavy (non-hydrogen) atoms. The first kappa shape index (κ1) is 26.3. The number of para-hydroxylation sites is 1. The topological polar surface area (TPSA) is 120 Å². The number of halogens is 2. The molecule has 1 aliphatic carbocycles. The first-order valence-corrected chi connectivity index (χ1v) is 11.9. The number of nitrogens with one attached hydrogen (secondary N) is 4. The molecular weight excluding hydrogens is 458 g/mol. The highest BCUT2D eigenvalue weighted by Gasteiger charge is 2.33. The largest absolute Gasteiger partial charge is 0.356 e. The minimum absolute atomic E-state index is 0.0989. The third kappa shape index (κ3) is 7.87. The number of H-pyrrole nitrogens is 1. The van der Waals surface area contributed by atoms with E-state index in [1.165, 1.54) is 0 Å². The van der Waals surface area contributed by atoms with Gasteiger partial charge in [-0.3, -0.25) is 14.4 Å². The van der Waals surface area contributed by atoms with E-state index in [0.29, 0.717) is 43.7 Å². The van der Waals surface area contributed by atoms with Gasteiger partial charge in [-0.15, -0.1) is 0 Å². The molecule has 4 N–H and O–H groups in total. The lowest BCUT2D eigenvalue weighted by molar-refractivity contribution is -0.125. The van der Waals surface area contributed by atoms with Crippen LogP contribution in [0.4, 0.5) is 8.78 Å². The lowest BCUT2D eigenvalue weighted by Gasteiger charge is -2.25. The summed E-state index contributed by atoms with van der Waals surface area (Å²) in [6.45, 7) is 2.37. The van der Waals surface area contributed by atoms with Crippen molar-refractivity contribution in [3.8, 4) is 0 Å². The van der Waals surface area contributed by atoms with Crippen LogP contribution in [0.25, 0.3) is 10.9 Å². The van der Waals surface area contributed by atoms with Crippen LogP contribution in [-0.4, -0.2) is 54.0 Å². The zero-order valence-corrected chi connectivity index (χ0v) is 19.7. The highest BCUT2D eigenvalue weighted by molar-refractivity contribution is 5.99. The molecule has 4 rings (SSSR count). The van der Waals surface area contributed by atoms with Gasteiger partial charge in [0.25, 0.3) is 5.91 Å². The number of fused-ring (bicyclic) bond motifs is 1. The third-order valence-electron chi connectivity index (χ3n) is 6.40. The van der Waals surface area contributed by atoms with Crippen LogP contribution in [0.3, 0.4) is 0 Å². The zero-order valence-electron chi connectivity index (χ0n) is 19.7. The Morgan fingerprint density at radius 3 is 2.51 bits per heavy atom. The molecule has 10 heteroatoms. The molecule has 190 valence electrons. The Hall–Kier alpha value is -3.30. The molecule has 2 heterocycles. The summed E-state index contributed by atoms with van der Waals surface area (Å²) >= 11 is 0.